The van der Waals surface area contributed by atoms with Gasteiger partial charge < -0.3 is 14.6 Å². The Labute approximate surface area is 98.4 Å². The highest BCUT2D eigenvalue weighted by molar-refractivity contribution is 5.31. The van der Waals surface area contributed by atoms with Gasteiger partial charge in [-0.25, -0.2) is 8.78 Å². The van der Waals surface area contributed by atoms with Crippen LogP contribution in [0, 0.1) is 17.8 Å². The van der Waals surface area contributed by atoms with Gasteiger partial charge in [0.2, 0.25) is 6.29 Å². The first-order chi connectivity index (χ1) is 7.89. The van der Waals surface area contributed by atoms with E-state index in [0.29, 0.717) is 25.4 Å². The van der Waals surface area contributed by atoms with Crippen molar-refractivity contribution in [2.24, 2.45) is 17.8 Å². The van der Waals surface area contributed by atoms with Crippen molar-refractivity contribution in [1.82, 2.24) is 0 Å². The van der Waals surface area contributed by atoms with E-state index in [2.05, 4.69) is 13.0 Å². The normalized spacial score (nSPS) is 45.2. The summed E-state index contributed by atoms with van der Waals surface area (Å²) in [6, 6.07) is 0. The minimum Gasteiger partial charge on any atom is -0.371 e. The Bertz CT molecular complexity index is 363. The molecule has 0 amide bonds. The van der Waals surface area contributed by atoms with Crippen molar-refractivity contribution in [3.05, 3.63) is 11.6 Å². The molecule has 3 rings (SSSR count). The predicted molar refractivity (Wildman–Crippen MR) is 55.5 cm³/mol. The van der Waals surface area contributed by atoms with E-state index in [1.165, 1.54) is 5.57 Å². The highest BCUT2D eigenvalue weighted by atomic mass is 19.3. The van der Waals surface area contributed by atoms with Gasteiger partial charge in [-0.3, -0.25) is 0 Å². The van der Waals surface area contributed by atoms with Gasteiger partial charge in [0.05, 0.1) is 18.8 Å². The highest BCUT2D eigenvalue weighted by Gasteiger charge is 2.58. The molecule has 0 aromatic rings. The molecule has 1 aliphatic heterocycles. The smallest absolute Gasteiger partial charge is 0.295 e. The zero-order chi connectivity index (χ0) is 12.4. The highest BCUT2D eigenvalue weighted by Crippen LogP contribution is 2.54. The zero-order valence-corrected chi connectivity index (χ0v) is 9.77. The molecule has 0 spiro atoms. The molecular weight excluding hydrogens is 230 g/mol. The molecule has 1 saturated carbocycles. The Kier molecular flexibility index (Phi) is 2.38. The molecule has 0 radical (unpaired) electrons. The molecule has 2 aliphatic carbocycles. The van der Waals surface area contributed by atoms with E-state index in [1.54, 1.807) is 0 Å². The van der Waals surface area contributed by atoms with Gasteiger partial charge in [-0.05, 0) is 11.5 Å². The maximum Gasteiger partial charge on any atom is 0.295 e. The lowest BCUT2D eigenvalue weighted by Crippen LogP contribution is -2.41. The maximum atomic E-state index is 12.9. The number of hydrogen-bond acceptors (Lipinski definition) is 3. The summed E-state index contributed by atoms with van der Waals surface area (Å²) in [5.41, 5.74) is 1.27. The lowest BCUT2D eigenvalue weighted by molar-refractivity contribution is -0.258. The quantitative estimate of drug-likeness (QED) is 0.607. The van der Waals surface area contributed by atoms with Gasteiger partial charge in [0, 0.05) is 18.8 Å². The van der Waals surface area contributed by atoms with Crippen LogP contribution in [0.25, 0.3) is 0 Å². The lowest BCUT2D eigenvalue weighted by Gasteiger charge is -2.28. The van der Waals surface area contributed by atoms with Crippen molar-refractivity contribution in [2.75, 3.05) is 6.61 Å². The third kappa shape index (κ3) is 1.56. The van der Waals surface area contributed by atoms with Crippen LogP contribution < -0.4 is 0 Å². The van der Waals surface area contributed by atoms with Gasteiger partial charge >= 0.3 is 0 Å². The van der Waals surface area contributed by atoms with Crippen LogP contribution in [-0.2, 0) is 9.47 Å². The third-order valence-electron chi connectivity index (χ3n) is 4.23. The van der Waals surface area contributed by atoms with Crippen molar-refractivity contribution in [3.63, 3.8) is 0 Å². The number of ether oxygens (including phenoxy) is 2. The van der Waals surface area contributed by atoms with Crippen LogP contribution in [0.5, 0.6) is 0 Å². The van der Waals surface area contributed by atoms with Crippen LogP contribution in [0.1, 0.15) is 13.8 Å². The number of aliphatic hydroxyl groups is 1. The molecule has 5 heteroatoms. The Balaban J connectivity index is 1.77. The lowest BCUT2D eigenvalue weighted by atomic mass is 9.95. The van der Waals surface area contributed by atoms with E-state index in [1.807, 2.05) is 0 Å². The molecule has 6 unspecified atom stereocenters. The SMILES string of the molecule is CC1C2C=C3COC(C2OC(O)C(C)(F)F)C31. The topological polar surface area (TPSA) is 38.7 Å². The van der Waals surface area contributed by atoms with Crippen molar-refractivity contribution < 1.29 is 23.4 Å². The average molecular weight is 246 g/mol. The minimum absolute atomic E-state index is 0.0968. The number of halogens is 2. The molecule has 0 aromatic carbocycles. The van der Waals surface area contributed by atoms with E-state index < -0.39 is 18.3 Å². The number of rotatable bonds is 3. The molecule has 2 fully saturated rings. The van der Waals surface area contributed by atoms with Crippen molar-refractivity contribution in [2.45, 2.75) is 38.3 Å². The summed E-state index contributed by atoms with van der Waals surface area (Å²) in [7, 11) is 0. The number of hydrogen-bond donors (Lipinski definition) is 1. The molecule has 0 aromatic heterocycles. The van der Waals surface area contributed by atoms with Crippen molar-refractivity contribution in [1.29, 1.82) is 0 Å². The Morgan fingerprint density at radius 3 is 2.94 bits per heavy atom. The molecule has 1 saturated heterocycles. The van der Waals surface area contributed by atoms with Crippen LogP contribution in [0.15, 0.2) is 11.6 Å². The molecule has 2 bridgehead atoms. The van der Waals surface area contributed by atoms with E-state index in [0.717, 1.165) is 0 Å². The van der Waals surface area contributed by atoms with Crippen LogP contribution in [-0.4, -0.2) is 36.1 Å². The van der Waals surface area contributed by atoms with Gasteiger partial charge in [0.1, 0.15) is 0 Å². The molecule has 1 heterocycles. The summed E-state index contributed by atoms with van der Waals surface area (Å²) in [5.74, 6) is -2.49. The first-order valence-corrected chi connectivity index (χ1v) is 5.93. The predicted octanol–water partition coefficient (Wildman–Crippen LogP) is 1.57. The van der Waals surface area contributed by atoms with Crippen molar-refractivity contribution in [3.8, 4) is 0 Å². The summed E-state index contributed by atoms with van der Waals surface area (Å²) in [6.45, 7) is 3.32. The summed E-state index contributed by atoms with van der Waals surface area (Å²) in [4.78, 5) is 0. The minimum atomic E-state index is -3.24. The Morgan fingerprint density at radius 1 is 1.59 bits per heavy atom. The van der Waals surface area contributed by atoms with Gasteiger partial charge in [-0.15, -0.1) is 0 Å². The first-order valence-electron chi connectivity index (χ1n) is 5.93. The van der Waals surface area contributed by atoms with E-state index in [-0.39, 0.29) is 12.0 Å². The third-order valence-corrected chi connectivity index (χ3v) is 4.23. The maximum absolute atomic E-state index is 12.9. The molecule has 17 heavy (non-hydrogen) atoms. The number of fused-ring (bicyclic) bond motifs is 1. The van der Waals surface area contributed by atoms with E-state index in [4.69, 9.17) is 9.47 Å². The van der Waals surface area contributed by atoms with E-state index in [9.17, 15) is 13.9 Å². The van der Waals surface area contributed by atoms with Crippen LogP contribution in [0.2, 0.25) is 0 Å². The summed E-state index contributed by atoms with van der Waals surface area (Å²) in [6.07, 6.45) is -0.585. The van der Waals surface area contributed by atoms with Gasteiger partial charge in [-0.2, -0.15) is 0 Å². The van der Waals surface area contributed by atoms with Crippen LogP contribution in [0.3, 0.4) is 0 Å². The molecular formula is C12H16F2O3. The molecule has 3 aliphatic rings. The molecule has 6 atom stereocenters. The van der Waals surface area contributed by atoms with Crippen LogP contribution in [0.4, 0.5) is 8.78 Å². The Morgan fingerprint density at radius 2 is 2.29 bits per heavy atom. The summed E-state index contributed by atoms with van der Waals surface area (Å²) in [5, 5.41) is 9.34. The average Bonchev–Trinajstić information content (AvgIpc) is 2.78. The molecule has 96 valence electrons. The number of aliphatic hydroxyl groups excluding tert-OH is 1. The van der Waals surface area contributed by atoms with E-state index >= 15 is 0 Å². The monoisotopic (exact) mass is 246 g/mol. The fraction of sp³-hybridized carbons (Fsp3) is 0.833. The van der Waals surface area contributed by atoms with Gasteiger partial charge in [0.15, 0.2) is 0 Å². The standard InChI is InChI=1S/C12H16F2O3/c1-5-7-3-6-4-16-10(8(5)6)9(7)17-11(15)12(2,13)14/h3,5,7-11,15H,4H2,1-2H3. The largest absolute Gasteiger partial charge is 0.371 e. The second-order valence-corrected chi connectivity index (χ2v) is 5.39. The fourth-order valence-corrected chi connectivity index (χ4v) is 3.39. The summed E-state index contributed by atoms with van der Waals surface area (Å²) < 4.78 is 36.6. The fourth-order valence-electron chi connectivity index (χ4n) is 3.39. The summed E-state index contributed by atoms with van der Waals surface area (Å²) >= 11 is 0. The zero-order valence-electron chi connectivity index (χ0n) is 9.77. The van der Waals surface area contributed by atoms with Crippen LogP contribution >= 0.6 is 0 Å². The molecule has 1 N–H and O–H groups in total. The van der Waals surface area contributed by atoms with Gasteiger partial charge in [-0.1, -0.05) is 13.0 Å². The first kappa shape index (κ1) is 11.6. The Hall–Kier alpha value is -0.520. The van der Waals surface area contributed by atoms with Crippen molar-refractivity contribution >= 4 is 0 Å². The second kappa shape index (κ2) is 3.49. The second-order valence-electron chi connectivity index (χ2n) is 5.39. The number of alkyl halides is 2. The molecule has 3 nitrogen and oxygen atoms in total. The van der Waals surface area contributed by atoms with Gasteiger partial charge in [0.25, 0.3) is 5.92 Å².